The first-order valence-electron chi connectivity index (χ1n) is 8.33. The summed E-state index contributed by atoms with van der Waals surface area (Å²) in [4.78, 5) is 0. The first kappa shape index (κ1) is 14.7. The minimum Gasteiger partial charge on any atom is -0.329 e. The van der Waals surface area contributed by atoms with Crippen molar-refractivity contribution < 1.29 is 0 Å². The Kier molecular flexibility index (Phi) is 5.23. The third-order valence-electron chi connectivity index (χ3n) is 4.97. The molecule has 3 rings (SSSR count). The van der Waals surface area contributed by atoms with Crippen LogP contribution in [0.2, 0.25) is 5.54 Å². The number of aryl methyl sites for hydroxylation is 1. The highest BCUT2D eigenvalue weighted by molar-refractivity contribution is 7.11. The smallest absolute Gasteiger partial charge is 0.120 e. The first-order valence-corrected chi connectivity index (χ1v) is 10.6. The summed E-state index contributed by atoms with van der Waals surface area (Å²) in [6.07, 6.45) is 11.7. The number of hydrogen-bond donors (Lipinski definition) is 0. The molecule has 112 valence electrons. The maximum Gasteiger partial charge on any atom is 0.120 e. The lowest BCUT2D eigenvalue weighted by atomic mass is 9.99. The van der Waals surface area contributed by atoms with E-state index >= 15 is 0 Å². The molecule has 1 aliphatic carbocycles. The van der Waals surface area contributed by atoms with Crippen molar-refractivity contribution in [3.8, 4) is 0 Å². The lowest BCUT2D eigenvalue weighted by molar-refractivity contribution is 0.322. The summed E-state index contributed by atoms with van der Waals surface area (Å²) >= 11 is 1.80. The predicted octanol–water partition coefficient (Wildman–Crippen LogP) is 3.25. The maximum absolute atomic E-state index is 4.35. The molecule has 1 saturated carbocycles. The van der Waals surface area contributed by atoms with Gasteiger partial charge in [0.15, 0.2) is 0 Å². The molecular formula is C15H27N3SSi. The summed E-state index contributed by atoms with van der Waals surface area (Å²) in [5, 5.41) is 10.9. The summed E-state index contributed by atoms with van der Waals surface area (Å²) in [5.74, 6) is 0.695. The van der Waals surface area contributed by atoms with Crippen LogP contribution in [0.1, 0.15) is 67.3 Å². The van der Waals surface area contributed by atoms with E-state index in [9.17, 15) is 0 Å². The van der Waals surface area contributed by atoms with E-state index in [4.69, 9.17) is 0 Å². The molecule has 5 heteroatoms. The molecule has 1 saturated heterocycles. The minimum atomic E-state index is 0.000944. The molecule has 0 radical (unpaired) electrons. The molecule has 0 amide bonds. The van der Waals surface area contributed by atoms with Crippen molar-refractivity contribution >= 4 is 21.0 Å². The van der Waals surface area contributed by atoms with Crippen LogP contribution >= 0.6 is 11.3 Å². The molecule has 2 aliphatic rings. The Labute approximate surface area is 129 Å². The number of hydrogen-bond acceptors (Lipinski definition) is 4. The Balaban J connectivity index is 1.46. The summed E-state index contributed by atoms with van der Waals surface area (Å²) in [6.45, 7) is 4.72. The lowest BCUT2D eigenvalue weighted by Crippen LogP contribution is -2.37. The molecule has 2 fully saturated rings. The molecule has 0 aromatic carbocycles. The Hall–Kier alpha value is -0.263. The van der Waals surface area contributed by atoms with Crippen LogP contribution in [0.3, 0.4) is 0 Å². The number of nitrogens with zero attached hydrogens (tertiary/aromatic N) is 3. The van der Waals surface area contributed by atoms with E-state index in [2.05, 4.69) is 21.7 Å². The second-order valence-electron chi connectivity index (χ2n) is 6.59. The van der Waals surface area contributed by atoms with Gasteiger partial charge in [0, 0.05) is 5.92 Å². The third-order valence-corrected chi connectivity index (χ3v) is 8.45. The van der Waals surface area contributed by atoms with Crippen LogP contribution in [0.4, 0.5) is 0 Å². The fourth-order valence-electron chi connectivity index (χ4n) is 3.75. The Morgan fingerprint density at radius 3 is 2.30 bits per heavy atom. The Bertz CT molecular complexity index is 407. The molecule has 0 atom stereocenters. The monoisotopic (exact) mass is 309 g/mol. The second-order valence-corrected chi connectivity index (χ2v) is 10.2. The van der Waals surface area contributed by atoms with E-state index in [-0.39, 0.29) is 9.68 Å². The van der Waals surface area contributed by atoms with Gasteiger partial charge < -0.3 is 4.57 Å². The molecule has 3 nitrogen and oxygen atoms in total. The van der Waals surface area contributed by atoms with Crippen LogP contribution in [-0.4, -0.2) is 37.5 Å². The Morgan fingerprint density at radius 1 is 1.00 bits per heavy atom. The predicted molar refractivity (Wildman–Crippen MR) is 88.2 cm³/mol. The minimum absolute atomic E-state index is 0.000944. The van der Waals surface area contributed by atoms with E-state index in [1.165, 1.54) is 69.5 Å². The van der Waals surface area contributed by atoms with Crippen molar-refractivity contribution in [2.45, 2.75) is 69.7 Å². The molecule has 0 spiro atoms. The van der Waals surface area contributed by atoms with E-state index in [1.807, 2.05) is 0 Å². The van der Waals surface area contributed by atoms with Crippen LogP contribution in [-0.2, 0) is 0 Å². The first-order chi connectivity index (χ1) is 9.81. The highest BCUT2D eigenvalue weighted by Gasteiger charge is 2.25. The van der Waals surface area contributed by atoms with Crippen LogP contribution < -0.4 is 0 Å². The third kappa shape index (κ3) is 3.89. The number of piperidine rings is 1. The fourth-order valence-corrected chi connectivity index (χ4v) is 7.02. The van der Waals surface area contributed by atoms with Crippen LogP contribution in [0, 0.1) is 6.92 Å². The van der Waals surface area contributed by atoms with Crippen molar-refractivity contribution in [2.24, 2.45) is 0 Å². The molecule has 20 heavy (non-hydrogen) atoms. The summed E-state index contributed by atoms with van der Waals surface area (Å²) in [6, 6.07) is 0. The number of rotatable bonds is 3. The average Bonchev–Trinajstić information content (AvgIpc) is 2.73. The van der Waals surface area contributed by atoms with Crippen molar-refractivity contribution in [1.82, 2.24) is 14.8 Å². The zero-order valence-corrected chi connectivity index (χ0v) is 14.9. The van der Waals surface area contributed by atoms with Gasteiger partial charge in [0.1, 0.15) is 10.0 Å². The highest BCUT2D eigenvalue weighted by Crippen LogP contribution is 2.32. The van der Waals surface area contributed by atoms with Gasteiger partial charge in [0.05, 0.1) is 9.68 Å². The van der Waals surface area contributed by atoms with Crippen molar-refractivity contribution in [3.05, 3.63) is 10.0 Å². The van der Waals surface area contributed by atoms with Crippen LogP contribution in [0.15, 0.2) is 0 Å². The molecule has 0 N–H and O–H groups in total. The lowest BCUT2D eigenvalue weighted by Gasteiger charge is -2.33. The van der Waals surface area contributed by atoms with Crippen molar-refractivity contribution in [2.75, 3.05) is 13.1 Å². The highest BCUT2D eigenvalue weighted by atomic mass is 32.1. The molecule has 2 heterocycles. The molecule has 0 bridgehead atoms. The van der Waals surface area contributed by atoms with Crippen LogP contribution in [0.25, 0.3) is 0 Å². The molecular weight excluding hydrogens is 282 g/mol. The normalized spacial score (nSPS) is 24.4. The summed E-state index contributed by atoms with van der Waals surface area (Å²) in [5.41, 5.74) is 1.11. The molecule has 1 aromatic heterocycles. The van der Waals surface area contributed by atoms with E-state index in [0.29, 0.717) is 5.92 Å². The summed E-state index contributed by atoms with van der Waals surface area (Å²) in [7, 11) is 0.000944. The van der Waals surface area contributed by atoms with Gasteiger partial charge in [-0.1, -0.05) is 38.5 Å². The second kappa shape index (κ2) is 7.14. The van der Waals surface area contributed by atoms with Gasteiger partial charge in [-0.15, -0.1) is 21.5 Å². The van der Waals surface area contributed by atoms with E-state index in [0.717, 1.165) is 10.5 Å². The van der Waals surface area contributed by atoms with Gasteiger partial charge in [-0.05, 0) is 38.4 Å². The van der Waals surface area contributed by atoms with Gasteiger partial charge in [-0.25, -0.2) is 0 Å². The quantitative estimate of drug-likeness (QED) is 0.634. The van der Waals surface area contributed by atoms with Gasteiger partial charge in [0.25, 0.3) is 0 Å². The zero-order chi connectivity index (χ0) is 13.8. The largest absolute Gasteiger partial charge is 0.329 e. The topological polar surface area (TPSA) is 29.0 Å². The standard InChI is InChI=1S/C15H27N3SSi/c1-12-16-17-15(19-12)13-8-10-18(11-9-13)20-14-6-4-2-3-5-7-14/h13-14H,2-11,20H2,1H3. The van der Waals surface area contributed by atoms with E-state index < -0.39 is 0 Å². The van der Waals surface area contributed by atoms with Crippen molar-refractivity contribution in [1.29, 1.82) is 0 Å². The van der Waals surface area contributed by atoms with Crippen molar-refractivity contribution in [3.63, 3.8) is 0 Å². The average molecular weight is 310 g/mol. The van der Waals surface area contributed by atoms with Gasteiger partial charge in [-0.3, -0.25) is 0 Å². The number of aromatic nitrogens is 2. The maximum atomic E-state index is 4.35. The van der Waals surface area contributed by atoms with Gasteiger partial charge >= 0.3 is 0 Å². The van der Waals surface area contributed by atoms with E-state index in [1.54, 1.807) is 11.3 Å². The molecule has 0 unspecified atom stereocenters. The zero-order valence-electron chi connectivity index (χ0n) is 12.7. The molecule has 1 aromatic rings. The van der Waals surface area contributed by atoms with Gasteiger partial charge in [0.2, 0.25) is 0 Å². The van der Waals surface area contributed by atoms with Crippen LogP contribution in [0.5, 0.6) is 0 Å². The Morgan fingerprint density at radius 2 is 1.70 bits per heavy atom. The summed E-state index contributed by atoms with van der Waals surface area (Å²) < 4.78 is 2.85. The molecule has 1 aliphatic heterocycles. The fraction of sp³-hybridized carbons (Fsp3) is 0.867. The SMILES string of the molecule is Cc1nnc(C2CCN([SiH2]C3CCCCCC3)CC2)s1. The van der Waals surface area contributed by atoms with Gasteiger partial charge in [-0.2, -0.15) is 0 Å².